The van der Waals surface area contributed by atoms with Crippen LogP contribution in [0.25, 0.3) is 10.9 Å². The monoisotopic (exact) mass is 549 g/mol. The van der Waals surface area contributed by atoms with Gasteiger partial charge in [0.25, 0.3) is 11.5 Å². The zero-order chi connectivity index (χ0) is 29.0. The van der Waals surface area contributed by atoms with Gasteiger partial charge < -0.3 is 24.5 Å². The van der Waals surface area contributed by atoms with Crippen molar-refractivity contribution in [2.24, 2.45) is 5.92 Å². The molecule has 1 atom stereocenters. The Morgan fingerprint density at radius 1 is 1.15 bits per heavy atom. The van der Waals surface area contributed by atoms with Gasteiger partial charge in [0.05, 0.1) is 31.3 Å². The van der Waals surface area contributed by atoms with E-state index in [0.29, 0.717) is 35.0 Å². The number of aromatic nitrogens is 2. The molecule has 2 N–H and O–H groups in total. The van der Waals surface area contributed by atoms with Gasteiger partial charge in [-0.15, -0.1) is 0 Å². The number of H-pyrrole nitrogens is 1. The Morgan fingerprint density at radius 2 is 1.82 bits per heavy atom. The number of amides is 2. The van der Waals surface area contributed by atoms with Crippen LogP contribution in [0.2, 0.25) is 0 Å². The van der Waals surface area contributed by atoms with Crippen molar-refractivity contribution < 1.29 is 14.3 Å². The maximum absolute atomic E-state index is 13.6. The first kappa shape index (κ1) is 29.4. The number of likely N-dealkylation sites (tertiary alicyclic amines) is 1. The molecule has 1 aliphatic rings. The zero-order valence-corrected chi connectivity index (χ0v) is 24.7. The lowest BCUT2D eigenvalue weighted by atomic mass is 9.90. The van der Waals surface area contributed by atoms with E-state index in [0.717, 1.165) is 55.6 Å². The Hall–Kier alpha value is -3.59. The summed E-state index contributed by atoms with van der Waals surface area (Å²) in [5, 5.41) is 3.86. The summed E-state index contributed by atoms with van der Waals surface area (Å²) in [6.45, 7) is 13.9. The summed E-state index contributed by atoms with van der Waals surface area (Å²) in [4.78, 5) is 45.7. The highest BCUT2D eigenvalue weighted by molar-refractivity contribution is 6.08. The van der Waals surface area contributed by atoms with Crippen LogP contribution in [-0.2, 0) is 11.3 Å². The summed E-state index contributed by atoms with van der Waals surface area (Å²) in [7, 11) is 1.52. The van der Waals surface area contributed by atoms with Crippen LogP contribution < -0.4 is 15.6 Å². The SMILES string of the molecule is CCN(CC)C(=O)CN1CCC(C(C)n2c(C)c(C(=O)NCc3c(OC)cc(C)[nH]c3=O)c3ccccc32)CC1. The number of benzene rings is 1. The van der Waals surface area contributed by atoms with Crippen LogP contribution in [0.3, 0.4) is 0 Å². The number of nitrogens with one attached hydrogen (secondary N) is 2. The molecule has 0 saturated carbocycles. The van der Waals surface area contributed by atoms with E-state index >= 15 is 0 Å². The fourth-order valence-corrected chi connectivity index (χ4v) is 6.17. The number of hydrogen-bond acceptors (Lipinski definition) is 5. The van der Waals surface area contributed by atoms with Crippen molar-refractivity contribution in [1.82, 2.24) is 24.7 Å². The van der Waals surface area contributed by atoms with Gasteiger partial charge in [-0.05, 0) is 78.6 Å². The Morgan fingerprint density at radius 3 is 2.48 bits per heavy atom. The normalized spacial score (nSPS) is 15.2. The molecular weight excluding hydrogens is 506 g/mol. The molecule has 1 fully saturated rings. The van der Waals surface area contributed by atoms with Crippen LogP contribution in [0.1, 0.15) is 67.0 Å². The Kier molecular flexibility index (Phi) is 9.35. The van der Waals surface area contributed by atoms with Gasteiger partial charge in [-0.25, -0.2) is 0 Å². The standard InChI is InChI=1S/C31H43N5O4/c1-7-35(8-2)28(37)19-34-15-13-23(14-16-34)21(4)36-22(5)29(24-11-9-10-12-26(24)36)31(39)32-18-25-27(40-6)17-20(3)33-30(25)38/h9-12,17,21,23H,7-8,13-16,18-19H2,1-6H3,(H,32,39)(H,33,38). The fourth-order valence-electron chi connectivity index (χ4n) is 6.17. The molecule has 3 heterocycles. The third-order valence-electron chi connectivity index (χ3n) is 8.46. The average molecular weight is 550 g/mol. The van der Waals surface area contributed by atoms with Crippen molar-refractivity contribution in [3.8, 4) is 5.75 Å². The van der Waals surface area contributed by atoms with E-state index < -0.39 is 0 Å². The summed E-state index contributed by atoms with van der Waals surface area (Å²) >= 11 is 0. The van der Waals surface area contributed by atoms with E-state index in [4.69, 9.17) is 4.74 Å². The molecule has 0 aliphatic carbocycles. The van der Waals surface area contributed by atoms with Gasteiger partial charge in [-0.2, -0.15) is 0 Å². The number of nitrogens with zero attached hydrogens (tertiary/aromatic N) is 3. The van der Waals surface area contributed by atoms with Crippen LogP contribution in [0.5, 0.6) is 5.75 Å². The van der Waals surface area contributed by atoms with Crippen molar-refractivity contribution in [1.29, 1.82) is 0 Å². The number of aromatic amines is 1. The van der Waals surface area contributed by atoms with E-state index in [1.54, 1.807) is 13.0 Å². The maximum Gasteiger partial charge on any atom is 0.256 e. The smallest absolute Gasteiger partial charge is 0.256 e. The topological polar surface area (TPSA) is 99.7 Å². The van der Waals surface area contributed by atoms with Crippen molar-refractivity contribution in [3.05, 3.63) is 63.2 Å². The lowest BCUT2D eigenvalue weighted by molar-refractivity contribution is -0.132. The van der Waals surface area contributed by atoms with Crippen molar-refractivity contribution in [2.45, 2.75) is 60.0 Å². The molecule has 3 aromatic rings. The average Bonchev–Trinajstić information content (AvgIpc) is 3.24. The predicted octanol–water partition coefficient (Wildman–Crippen LogP) is 4.03. The maximum atomic E-state index is 13.6. The molecule has 4 rings (SSSR count). The molecule has 0 spiro atoms. The molecule has 1 aliphatic heterocycles. The van der Waals surface area contributed by atoms with E-state index in [2.05, 4.69) is 32.8 Å². The van der Waals surface area contributed by atoms with Gasteiger partial charge >= 0.3 is 0 Å². The molecule has 2 amide bonds. The molecule has 216 valence electrons. The molecule has 9 nitrogen and oxygen atoms in total. The number of likely N-dealkylation sites (N-methyl/N-ethyl adjacent to an activating group) is 1. The van der Waals surface area contributed by atoms with Gasteiger partial charge in [-0.1, -0.05) is 18.2 Å². The van der Waals surface area contributed by atoms with Crippen LogP contribution in [-0.4, -0.2) is 71.0 Å². The minimum absolute atomic E-state index is 0.0663. The fraction of sp³-hybridized carbons (Fsp3) is 0.516. The third-order valence-corrected chi connectivity index (χ3v) is 8.46. The first-order chi connectivity index (χ1) is 19.2. The number of piperidine rings is 1. The number of para-hydroxylation sites is 1. The highest BCUT2D eigenvalue weighted by Gasteiger charge is 2.30. The molecule has 0 radical (unpaired) electrons. The first-order valence-electron chi connectivity index (χ1n) is 14.3. The van der Waals surface area contributed by atoms with E-state index in [1.807, 2.05) is 43.9 Å². The third kappa shape index (κ3) is 5.94. The number of methoxy groups -OCH3 is 1. The van der Waals surface area contributed by atoms with E-state index in [1.165, 1.54) is 7.11 Å². The molecule has 40 heavy (non-hydrogen) atoms. The molecule has 1 unspecified atom stereocenters. The van der Waals surface area contributed by atoms with Crippen molar-refractivity contribution in [3.63, 3.8) is 0 Å². The number of fused-ring (bicyclic) bond motifs is 1. The highest BCUT2D eigenvalue weighted by Crippen LogP contribution is 2.35. The van der Waals surface area contributed by atoms with E-state index in [9.17, 15) is 14.4 Å². The molecule has 1 saturated heterocycles. The second kappa shape index (κ2) is 12.7. The second-order valence-corrected chi connectivity index (χ2v) is 10.8. The summed E-state index contributed by atoms with van der Waals surface area (Å²) in [5.74, 6) is 0.871. The Balaban J connectivity index is 1.52. The summed E-state index contributed by atoms with van der Waals surface area (Å²) in [5.41, 5.74) is 3.40. The lowest BCUT2D eigenvalue weighted by Crippen LogP contribution is -2.44. The number of ether oxygens (including phenoxy) is 1. The number of aryl methyl sites for hydroxylation is 1. The number of carbonyl (C=O) groups excluding carboxylic acids is 2. The molecular formula is C31H43N5O4. The molecule has 9 heteroatoms. The summed E-state index contributed by atoms with van der Waals surface area (Å²) in [6, 6.07) is 9.96. The quantitative estimate of drug-likeness (QED) is 0.398. The largest absolute Gasteiger partial charge is 0.496 e. The molecule has 1 aromatic carbocycles. The van der Waals surface area contributed by atoms with Gasteiger partial charge in [0.1, 0.15) is 5.75 Å². The van der Waals surface area contributed by atoms with Gasteiger partial charge in [0.2, 0.25) is 5.91 Å². The minimum Gasteiger partial charge on any atom is -0.496 e. The molecule has 0 bridgehead atoms. The Labute approximate surface area is 236 Å². The van der Waals surface area contributed by atoms with Crippen LogP contribution in [0, 0.1) is 19.8 Å². The minimum atomic E-state index is -0.268. The molecule has 2 aromatic heterocycles. The van der Waals surface area contributed by atoms with Gasteiger partial charge in [0.15, 0.2) is 0 Å². The van der Waals surface area contributed by atoms with Crippen molar-refractivity contribution >= 4 is 22.7 Å². The number of rotatable bonds is 10. The summed E-state index contributed by atoms with van der Waals surface area (Å²) in [6.07, 6.45) is 1.99. The van der Waals surface area contributed by atoms with Gasteiger partial charge in [0, 0.05) is 41.4 Å². The van der Waals surface area contributed by atoms with Crippen molar-refractivity contribution in [2.75, 3.05) is 39.8 Å². The highest BCUT2D eigenvalue weighted by atomic mass is 16.5. The van der Waals surface area contributed by atoms with Gasteiger partial charge in [-0.3, -0.25) is 19.3 Å². The zero-order valence-electron chi connectivity index (χ0n) is 24.7. The lowest BCUT2D eigenvalue weighted by Gasteiger charge is -2.36. The van der Waals surface area contributed by atoms with E-state index in [-0.39, 0.29) is 30.0 Å². The van der Waals surface area contributed by atoms with Crippen LogP contribution in [0.15, 0.2) is 35.1 Å². The number of hydrogen-bond donors (Lipinski definition) is 2. The first-order valence-corrected chi connectivity index (χ1v) is 14.3. The van der Waals surface area contributed by atoms with Crippen LogP contribution in [0.4, 0.5) is 0 Å². The number of pyridine rings is 1. The summed E-state index contributed by atoms with van der Waals surface area (Å²) < 4.78 is 7.69. The second-order valence-electron chi connectivity index (χ2n) is 10.8. The Bertz CT molecular complexity index is 1410. The number of carbonyl (C=O) groups is 2. The van der Waals surface area contributed by atoms with Crippen LogP contribution >= 0.6 is 0 Å². The predicted molar refractivity (Wildman–Crippen MR) is 158 cm³/mol.